The highest BCUT2D eigenvalue weighted by Crippen LogP contribution is 2.10. The van der Waals surface area contributed by atoms with E-state index in [-0.39, 0.29) is 19.5 Å². The fraction of sp³-hybridized carbons (Fsp3) is 0.700. The normalized spacial score (nSPS) is 10.4. The van der Waals surface area contributed by atoms with Crippen molar-refractivity contribution >= 4 is 12.0 Å². The molecule has 6 heteroatoms. The van der Waals surface area contributed by atoms with Crippen LogP contribution in [0, 0.1) is 11.3 Å². The molecular formula is C10H17N3O3. The maximum Gasteiger partial charge on any atom is 0.417 e. The van der Waals surface area contributed by atoms with Gasteiger partial charge in [-0.2, -0.15) is 5.26 Å². The Morgan fingerprint density at radius 1 is 1.44 bits per heavy atom. The Bertz CT molecular complexity index is 301. The van der Waals surface area contributed by atoms with E-state index in [0.717, 1.165) is 4.90 Å². The van der Waals surface area contributed by atoms with E-state index >= 15 is 0 Å². The van der Waals surface area contributed by atoms with Crippen LogP contribution < -0.4 is 5.73 Å². The van der Waals surface area contributed by atoms with Crippen molar-refractivity contribution in [2.75, 3.05) is 13.1 Å². The van der Waals surface area contributed by atoms with Crippen LogP contribution >= 0.6 is 0 Å². The molecule has 0 aromatic carbocycles. The number of carbonyl (C=O) groups excluding carboxylic acids is 2. The number of carbonyl (C=O) groups is 2. The molecule has 0 radical (unpaired) electrons. The maximum atomic E-state index is 11.6. The van der Waals surface area contributed by atoms with Gasteiger partial charge in [-0.05, 0) is 20.8 Å². The van der Waals surface area contributed by atoms with Crippen LogP contribution in [-0.4, -0.2) is 35.6 Å². The van der Waals surface area contributed by atoms with Gasteiger partial charge in [0.2, 0.25) is 5.91 Å². The number of imide groups is 1. The molecule has 0 aliphatic heterocycles. The predicted octanol–water partition coefficient (Wildman–Crippen LogP) is 0.622. The Morgan fingerprint density at radius 2 is 2.00 bits per heavy atom. The Labute approximate surface area is 95.0 Å². The van der Waals surface area contributed by atoms with Gasteiger partial charge in [0.25, 0.3) is 0 Å². The van der Waals surface area contributed by atoms with Gasteiger partial charge in [0.15, 0.2) is 0 Å². The minimum Gasteiger partial charge on any atom is -0.443 e. The number of hydrogen-bond acceptors (Lipinski definition) is 5. The van der Waals surface area contributed by atoms with E-state index in [2.05, 4.69) is 0 Å². The smallest absolute Gasteiger partial charge is 0.417 e. The second kappa shape index (κ2) is 6.08. The molecule has 0 saturated carbocycles. The first-order chi connectivity index (χ1) is 7.31. The predicted molar refractivity (Wildman–Crippen MR) is 57.2 cm³/mol. The van der Waals surface area contributed by atoms with Crippen LogP contribution in [0.2, 0.25) is 0 Å². The van der Waals surface area contributed by atoms with Gasteiger partial charge in [0.1, 0.15) is 12.0 Å². The lowest BCUT2D eigenvalue weighted by molar-refractivity contribution is -0.129. The van der Waals surface area contributed by atoms with E-state index in [1.54, 1.807) is 26.8 Å². The molecule has 0 unspecified atom stereocenters. The lowest BCUT2D eigenvalue weighted by Crippen LogP contribution is -2.43. The molecular weight excluding hydrogens is 210 g/mol. The number of hydrogen-bond donors (Lipinski definition) is 1. The monoisotopic (exact) mass is 227 g/mol. The van der Waals surface area contributed by atoms with Crippen LogP contribution in [0.1, 0.15) is 27.2 Å². The number of nitriles is 1. The third-order valence-corrected chi connectivity index (χ3v) is 1.50. The molecule has 2 N–H and O–H groups in total. The fourth-order valence-electron chi connectivity index (χ4n) is 0.927. The van der Waals surface area contributed by atoms with E-state index in [0.29, 0.717) is 0 Å². The molecule has 0 fully saturated rings. The third-order valence-electron chi connectivity index (χ3n) is 1.50. The minimum absolute atomic E-state index is 0.0510. The van der Waals surface area contributed by atoms with Crippen LogP contribution in [-0.2, 0) is 9.53 Å². The van der Waals surface area contributed by atoms with Gasteiger partial charge in [0.05, 0.1) is 6.07 Å². The minimum atomic E-state index is -0.766. The molecule has 0 aromatic rings. The third kappa shape index (κ3) is 5.32. The average Bonchev–Trinajstić information content (AvgIpc) is 2.11. The van der Waals surface area contributed by atoms with Crippen molar-refractivity contribution in [3.05, 3.63) is 0 Å². The van der Waals surface area contributed by atoms with E-state index in [4.69, 9.17) is 15.7 Å². The van der Waals surface area contributed by atoms with Crippen molar-refractivity contribution in [1.29, 1.82) is 5.26 Å². The van der Waals surface area contributed by atoms with E-state index < -0.39 is 17.6 Å². The summed E-state index contributed by atoms with van der Waals surface area (Å²) in [7, 11) is 0. The summed E-state index contributed by atoms with van der Waals surface area (Å²) < 4.78 is 5.02. The lowest BCUT2D eigenvalue weighted by Gasteiger charge is -2.25. The first-order valence-electron chi connectivity index (χ1n) is 4.92. The van der Waals surface area contributed by atoms with Gasteiger partial charge in [-0.3, -0.25) is 4.79 Å². The number of rotatable bonds is 3. The second-order valence-corrected chi connectivity index (χ2v) is 4.15. The van der Waals surface area contributed by atoms with E-state index in [9.17, 15) is 9.59 Å². The van der Waals surface area contributed by atoms with Crippen LogP contribution in [0.15, 0.2) is 0 Å². The zero-order chi connectivity index (χ0) is 12.8. The summed E-state index contributed by atoms with van der Waals surface area (Å²) in [5, 5.41) is 8.39. The first-order valence-corrected chi connectivity index (χ1v) is 4.92. The van der Waals surface area contributed by atoms with Crippen molar-refractivity contribution in [3.63, 3.8) is 0 Å². The zero-order valence-electron chi connectivity index (χ0n) is 9.82. The molecule has 6 nitrogen and oxygen atoms in total. The van der Waals surface area contributed by atoms with Crippen LogP contribution in [0.3, 0.4) is 0 Å². The summed E-state index contributed by atoms with van der Waals surface area (Å²) in [5.41, 5.74) is 4.60. The summed E-state index contributed by atoms with van der Waals surface area (Å²) in [5.74, 6) is -0.595. The quantitative estimate of drug-likeness (QED) is 0.762. The van der Waals surface area contributed by atoms with Crippen molar-refractivity contribution in [1.82, 2.24) is 4.90 Å². The lowest BCUT2D eigenvalue weighted by atomic mass is 10.2. The molecule has 0 rings (SSSR count). The summed E-state index contributed by atoms with van der Waals surface area (Å²) in [6, 6.07) is 1.68. The highest BCUT2D eigenvalue weighted by atomic mass is 16.6. The van der Waals surface area contributed by atoms with E-state index in [1.807, 2.05) is 0 Å². The number of nitrogens with zero attached hydrogens (tertiary/aromatic N) is 2. The number of ether oxygens (including phenoxy) is 1. The van der Waals surface area contributed by atoms with Crippen molar-refractivity contribution in [2.45, 2.75) is 32.8 Å². The van der Waals surface area contributed by atoms with Gasteiger partial charge in [-0.15, -0.1) is 0 Å². The Hall–Kier alpha value is -1.61. The molecule has 0 atom stereocenters. The summed E-state index contributed by atoms with van der Waals surface area (Å²) >= 11 is 0. The molecule has 2 amide bonds. The maximum absolute atomic E-state index is 11.6. The fourth-order valence-corrected chi connectivity index (χ4v) is 0.927. The van der Waals surface area contributed by atoms with Gasteiger partial charge < -0.3 is 10.5 Å². The van der Waals surface area contributed by atoms with Gasteiger partial charge in [0, 0.05) is 13.1 Å². The standard InChI is InChI=1S/C10H17N3O3/c1-10(2,3)16-9(15)13(7-6-12)8(14)4-5-11/h4,6-7,12H2,1-3H3. The van der Waals surface area contributed by atoms with Crippen molar-refractivity contribution in [3.8, 4) is 6.07 Å². The molecule has 16 heavy (non-hydrogen) atoms. The van der Waals surface area contributed by atoms with Gasteiger partial charge >= 0.3 is 6.09 Å². The number of amides is 2. The van der Waals surface area contributed by atoms with Crippen molar-refractivity contribution < 1.29 is 14.3 Å². The van der Waals surface area contributed by atoms with Gasteiger partial charge in [-0.1, -0.05) is 0 Å². The highest BCUT2D eigenvalue weighted by Gasteiger charge is 2.26. The van der Waals surface area contributed by atoms with Crippen LogP contribution in [0.4, 0.5) is 4.79 Å². The van der Waals surface area contributed by atoms with Crippen LogP contribution in [0.25, 0.3) is 0 Å². The Kier molecular flexibility index (Phi) is 5.47. The van der Waals surface area contributed by atoms with Crippen LogP contribution in [0.5, 0.6) is 0 Å². The molecule has 0 heterocycles. The number of nitrogens with two attached hydrogens (primary N) is 1. The van der Waals surface area contributed by atoms with Crippen molar-refractivity contribution in [2.24, 2.45) is 5.73 Å². The SMILES string of the molecule is CC(C)(C)OC(=O)N(CCN)C(=O)CC#N. The zero-order valence-corrected chi connectivity index (χ0v) is 9.82. The first kappa shape index (κ1) is 14.4. The molecule has 0 spiro atoms. The molecule has 0 aromatic heterocycles. The van der Waals surface area contributed by atoms with Gasteiger partial charge in [-0.25, -0.2) is 9.69 Å². The molecule has 0 saturated heterocycles. The Balaban J connectivity index is 4.60. The molecule has 90 valence electrons. The summed E-state index contributed by atoms with van der Waals surface area (Å²) in [6.07, 6.45) is -1.13. The molecule has 0 aliphatic carbocycles. The molecule has 0 bridgehead atoms. The average molecular weight is 227 g/mol. The molecule has 0 aliphatic rings. The second-order valence-electron chi connectivity index (χ2n) is 4.15. The Morgan fingerprint density at radius 3 is 2.38 bits per heavy atom. The topological polar surface area (TPSA) is 96.4 Å². The highest BCUT2D eigenvalue weighted by molar-refractivity contribution is 5.93. The summed E-state index contributed by atoms with van der Waals surface area (Å²) in [6.45, 7) is 5.27. The largest absolute Gasteiger partial charge is 0.443 e. The summed E-state index contributed by atoms with van der Waals surface area (Å²) in [4.78, 5) is 23.8. The van der Waals surface area contributed by atoms with E-state index in [1.165, 1.54) is 0 Å².